The molecule has 3 aromatic rings. The van der Waals surface area contributed by atoms with Crippen molar-refractivity contribution in [2.75, 3.05) is 6.54 Å². The van der Waals surface area contributed by atoms with Gasteiger partial charge in [-0.15, -0.1) is 0 Å². The smallest absolute Gasteiger partial charge is 0.123 e. The summed E-state index contributed by atoms with van der Waals surface area (Å²) in [6, 6.07) is 23.7. The summed E-state index contributed by atoms with van der Waals surface area (Å²) in [4.78, 5) is 0. The molecule has 0 aliphatic carbocycles. The first kappa shape index (κ1) is 18.1. The topological polar surface area (TPSA) is 41.5 Å². The molecule has 0 aliphatic rings. The van der Waals surface area contributed by atoms with Gasteiger partial charge < -0.3 is 15.2 Å². The third kappa shape index (κ3) is 5.41. The van der Waals surface area contributed by atoms with Crippen LogP contribution in [0.5, 0.6) is 5.75 Å². The van der Waals surface area contributed by atoms with E-state index in [1.165, 1.54) is 12.1 Å². The molecule has 0 fully saturated rings. The summed E-state index contributed by atoms with van der Waals surface area (Å²) < 4.78 is 18.7. The Bertz CT molecular complexity index is 806. The molecule has 4 heteroatoms. The van der Waals surface area contributed by atoms with Crippen molar-refractivity contribution in [2.45, 2.75) is 19.3 Å². The van der Waals surface area contributed by atoms with Gasteiger partial charge >= 0.3 is 0 Å². The van der Waals surface area contributed by atoms with Gasteiger partial charge in [0.15, 0.2) is 0 Å². The predicted octanol–water partition coefficient (Wildman–Crippen LogP) is 4.23. The van der Waals surface area contributed by atoms with Crippen LogP contribution in [0.4, 0.5) is 4.39 Å². The lowest BCUT2D eigenvalue weighted by molar-refractivity contribution is 0.174. The number of benzene rings is 3. The van der Waals surface area contributed by atoms with Crippen molar-refractivity contribution in [3.8, 4) is 5.75 Å². The van der Waals surface area contributed by atoms with Crippen molar-refractivity contribution in [3.63, 3.8) is 0 Å². The standard InChI is InChI=1S/C22H22FNO2/c23-20-11-9-17(10-12-20)16-26-21-8-4-5-18(13-21)14-24-15-22(25)19-6-2-1-3-7-19/h1-13,22,24-25H,14-16H2/t22-/m1/s1. The van der Waals surface area contributed by atoms with Gasteiger partial charge in [0, 0.05) is 13.1 Å². The second-order valence-electron chi connectivity index (χ2n) is 6.12. The second-order valence-corrected chi connectivity index (χ2v) is 6.12. The highest BCUT2D eigenvalue weighted by Crippen LogP contribution is 2.16. The lowest BCUT2D eigenvalue weighted by Crippen LogP contribution is -2.21. The third-order valence-electron chi connectivity index (χ3n) is 4.07. The average Bonchev–Trinajstić information content (AvgIpc) is 2.68. The Balaban J connectivity index is 1.48. The van der Waals surface area contributed by atoms with Gasteiger partial charge in [-0.3, -0.25) is 0 Å². The number of ether oxygens (including phenoxy) is 1. The number of halogens is 1. The van der Waals surface area contributed by atoms with Crippen LogP contribution < -0.4 is 10.1 Å². The minimum Gasteiger partial charge on any atom is -0.489 e. The summed E-state index contributed by atoms with van der Waals surface area (Å²) in [6.07, 6.45) is -0.533. The molecule has 0 radical (unpaired) electrons. The maximum atomic E-state index is 12.9. The quantitative estimate of drug-likeness (QED) is 0.638. The number of aliphatic hydroxyl groups is 1. The van der Waals surface area contributed by atoms with E-state index in [1.807, 2.05) is 54.6 Å². The number of nitrogens with one attached hydrogen (secondary N) is 1. The summed E-state index contributed by atoms with van der Waals surface area (Å²) in [5, 5.41) is 13.4. The second kappa shape index (κ2) is 9.13. The van der Waals surface area contributed by atoms with E-state index in [-0.39, 0.29) is 5.82 Å². The van der Waals surface area contributed by atoms with E-state index in [9.17, 15) is 9.50 Å². The molecule has 3 rings (SSSR count). The van der Waals surface area contributed by atoms with E-state index < -0.39 is 6.10 Å². The number of aliphatic hydroxyl groups excluding tert-OH is 1. The van der Waals surface area contributed by atoms with Gasteiger partial charge in [-0.25, -0.2) is 4.39 Å². The third-order valence-corrected chi connectivity index (χ3v) is 4.07. The largest absolute Gasteiger partial charge is 0.489 e. The van der Waals surface area contributed by atoms with Crippen LogP contribution in [-0.4, -0.2) is 11.7 Å². The Morgan fingerprint density at radius 1 is 0.885 bits per heavy atom. The molecular formula is C22H22FNO2. The van der Waals surface area contributed by atoms with Crippen molar-refractivity contribution < 1.29 is 14.2 Å². The minimum atomic E-state index is -0.533. The van der Waals surface area contributed by atoms with Gasteiger partial charge in [-0.05, 0) is 41.0 Å². The Labute approximate surface area is 153 Å². The lowest BCUT2D eigenvalue weighted by Gasteiger charge is -2.13. The van der Waals surface area contributed by atoms with Gasteiger partial charge in [-0.2, -0.15) is 0 Å². The highest BCUT2D eigenvalue weighted by Gasteiger charge is 2.06. The molecular weight excluding hydrogens is 329 g/mol. The molecule has 0 heterocycles. The molecule has 0 aromatic heterocycles. The highest BCUT2D eigenvalue weighted by atomic mass is 19.1. The van der Waals surface area contributed by atoms with Gasteiger partial charge in [-0.1, -0.05) is 54.6 Å². The summed E-state index contributed by atoms with van der Waals surface area (Å²) in [5.74, 6) is 0.511. The Kier molecular flexibility index (Phi) is 6.36. The van der Waals surface area contributed by atoms with Crippen LogP contribution in [0.15, 0.2) is 78.9 Å². The van der Waals surface area contributed by atoms with Crippen LogP contribution in [0.1, 0.15) is 22.8 Å². The van der Waals surface area contributed by atoms with Crippen LogP contribution in [0.25, 0.3) is 0 Å². The van der Waals surface area contributed by atoms with Crippen LogP contribution in [-0.2, 0) is 13.2 Å². The minimum absolute atomic E-state index is 0.250. The zero-order chi connectivity index (χ0) is 18.2. The van der Waals surface area contributed by atoms with Crippen molar-refractivity contribution in [1.82, 2.24) is 5.32 Å². The zero-order valence-electron chi connectivity index (χ0n) is 14.4. The Hall–Kier alpha value is -2.69. The maximum absolute atomic E-state index is 12.9. The van der Waals surface area contributed by atoms with E-state index in [0.29, 0.717) is 19.7 Å². The molecule has 0 spiro atoms. The Morgan fingerprint density at radius 3 is 2.42 bits per heavy atom. The van der Waals surface area contributed by atoms with Crippen molar-refractivity contribution in [1.29, 1.82) is 0 Å². The van der Waals surface area contributed by atoms with Crippen molar-refractivity contribution >= 4 is 0 Å². The van der Waals surface area contributed by atoms with E-state index >= 15 is 0 Å². The SMILES string of the molecule is O[C@H](CNCc1cccc(OCc2ccc(F)cc2)c1)c1ccccc1. The predicted molar refractivity (Wildman–Crippen MR) is 100 cm³/mol. The number of hydrogen-bond donors (Lipinski definition) is 2. The molecule has 3 nitrogen and oxygen atoms in total. The normalized spacial score (nSPS) is 11.9. The molecule has 26 heavy (non-hydrogen) atoms. The maximum Gasteiger partial charge on any atom is 0.123 e. The van der Waals surface area contributed by atoms with E-state index in [0.717, 1.165) is 22.4 Å². The van der Waals surface area contributed by atoms with E-state index in [2.05, 4.69) is 5.32 Å². The van der Waals surface area contributed by atoms with Crippen LogP contribution >= 0.6 is 0 Å². The Morgan fingerprint density at radius 2 is 1.65 bits per heavy atom. The summed E-state index contributed by atoms with van der Waals surface area (Å²) >= 11 is 0. The van der Waals surface area contributed by atoms with Gasteiger partial charge in [0.05, 0.1) is 6.10 Å². The molecule has 0 saturated carbocycles. The number of hydrogen-bond acceptors (Lipinski definition) is 3. The molecule has 0 amide bonds. The monoisotopic (exact) mass is 351 g/mol. The molecule has 0 unspecified atom stereocenters. The van der Waals surface area contributed by atoms with Crippen LogP contribution in [0.2, 0.25) is 0 Å². The first-order valence-corrected chi connectivity index (χ1v) is 8.60. The molecule has 134 valence electrons. The first-order valence-electron chi connectivity index (χ1n) is 8.60. The first-order chi connectivity index (χ1) is 12.7. The zero-order valence-corrected chi connectivity index (χ0v) is 14.4. The molecule has 0 aliphatic heterocycles. The molecule has 2 N–H and O–H groups in total. The number of rotatable bonds is 8. The van der Waals surface area contributed by atoms with Crippen LogP contribution in [0.3, 0.4) is 0 Å². The molecule has 3 aromatic carbocycles. The van der Waals surface area contributed by atoms with Crippen molar-refractivity contribution in [2.24, 2.45) is 0 Å². The van der Waals surface area contributed by atoms with E-state index in [1.54, 1.807) is 12.1 Å². The fourth-order valence-electron chi connectivity index (χ4n) is 2.64. The molecule has 0 bridgehead atoms. The summed E-state index contributed by atoms with van der Waals surface area (Å²) in [7, 11) is 0. The lowest BCUT2D eigenvalue weighted by atomic mass is 10.1. The molecule has 0 saturated heterocycles. The molecule has 1 atom stereocenters. The van der Waals surface area contributed by atoms with E-state index in [4.69, 9.17) is 4.74 Å². The van der Waals surface area contributed by atoms with Gasteiger partial charge in [0.2, 0.25) is 0 Å². The summed E-state index contributed by atoms with van der Waals surface area (Å²) in [6.45, 7) is 1.51. The highest BCUT2D eigenvalue weighted by molar-refractivity contribution is 5.29. The van der Waals surface area contributed by atoms with Crippen LogP contribution in [0, 0.1) is 5.82 Å². The van der Waals surface area contributed by atoms with Gasteiger partial charge in [0.25, 0.3) is 0 Å². The fourth-order valence-corrected chi connectivity index (χ4v) is 2.64. The summed E-state index contributed by atoms with van der Waals surface area (Å²) in [5.41, 5.74) is 2.89. The van der Waals surface area contributed by atoms with Gasteiger partial charge in [0.1, 0.15) is 18.2 Å². The van der Waals surface area contributed by atoms with Crippen molar-refractivity contribution in [3.05, 3.63) is 101 Å². The average molecular weight is 351 g/mol. The fraction of sp³-hybridized carbons (Fsp3) is 0.182.